The van der Waals surface area contributed by atoms with Crippen LogP contribution in [-0.2, 0) is 10.1 Å². The van der Waals surface area contributed by atoms with Crippen molar-refractivity contribution in [3.63, 3.8) is 0 Å². The second-order valence-electron chi connectivity index (χ2n) is 4.61. The van der Waals surface area contributed by atoms with Crippen LogP contribution in [0.3, 0.4) is 0 Å². The highest BCUT2D eigenvalue weighted by atomic mass is 32.2. The van der Waals surface area contributed by atoms with Crippen molar-refractivity contribution in [2.75, 3.05) is 28.3 Å². The molecule has 0 fully saturated rings. The summed E-state index contributed by atoms with van der Waals surface area (Å²) in [5.74, 6) is 0.909. The molecule has 0 aliphatic carbocycles. The van der Waals surface area contributed by atoms with Crippen LogP contribution in [0, 0.1) is 0 Å². The summed E-state index contributed by atoms with van der Waals surface area (Å²) in [6.07, 6.45) is 0. The van der Waals surface area contributed by atoms with Crippen LogP contribution in [0.2, 0.25) is 0 Å². The van der Waals surface area contributed by atoms with Gasteiger partial charge in [-0.2, -0.15) is 13.2 Å². The van der Waals surface area contributed by atoms with E-state index < -0.39 is 15.6 Å². The number of halogens is 3. The quantitative estimate of drug-likeness (QED) is 0.475. The van der Waals surface area contributed by atoms with Crippen LogP contribution >= 0.6 is 0 Å². The summed E-state index contributed by atoms with van der Waals surface area (Å²) in [5, 5.41) is 0. The molecule has 0 aliphatic rings. The molecule has 0 unspecified atom stereocenters. The van der Waals surface area contributed by atoms with Gasteiger partial charge < -0.3 is 9.29 Å². The molecule has 0 aromatic heterocycles. The average Bonchev–Trinajstić information content (AvgIpc) is 2.26. The minimum absolute atomic E-state index is 0.837. The number of methoxy groups -OCH3 is 1. The van der Waals surface area contributed by atoms with Crippen LogP contribution in [0.4, 0.5) is 18.9 Å². The largest absolute Gasteiger partial charge is 0.741 e. The lowest BCUT2D eigenvalue weighted by Gasteiger charge is -2.23. The number of quaternary nitrogens is 1. The number of nitrogens with zero attached hydrogens (tertiary/aromatic N) is 1. The number of hydrogen-bond donors (Lipinski definition) is 0. The lowest BCUT2D eigenvalue weighted by atomic mass is 10.2. The molecule has 5 nitrogen and oxygen atoms in total. The van der Waals surface area contributed by atoms with E-state index in [1.807, 2.05) is 12.1 Å². The average molecular weight is 315 g/mol. The first-order chi connectivity index (χ1) is 8.79. The molecule has 0 radical (unpaired) electrons. The highest BCUT2D eigenvalue weighted by molar-refractivity contribution is 7.86. The Kier molecular flexibility index (Phi) is 6.00. The summed E-state index contributed by atoms with van der Waals surface area (Å²) in [4.78, 5) is 0. The number of alkyl halides is 3. The highest BCUT2D eigenvalue weighted by Gasteiger charge is 2.36. The van der Waals surface area contributed by atoms with Gasteiger partial charge in [0.05, 0.1) is 28.3 Å². The number of rotatable bonds is 2. The fourth-order valence-corrected chi connectivity index (χ4v) is 1.03. The second kappa shape index (κ2) is 6.42. The van der Waals surface area contributed by atoms with Crippen LogP contribution in [0.15, 0.2) is 24.3 Å². The molecule has 0 spiro atoms. The lowest BCUT2D eigenvalue weighted by Crippen LogP contribution is -2.34. The van der Waals surface area contributed by atoms with Crippen LogP contribution in [0.25, 0.3) is 0 Å². The summed E-state index contributed by atoms with van der Waals surface area (Å²) >= 11 is 0. The molecular weight excluding hydrogens is 299 g/mol. The fourth-order valence-electron chi connectivity index (χ4n) is 1.03. The van der Waals surface area contributed by atoms with E-state index in [1.165, 1.54) is 5.69 Å². The Bertz CT molecular complexity index is 518. The third-order valence-electron chi connectivity index (χ3n) is 2.13. The zero-order valence-electron chi connectivity index (χ0n) is 11.4. The van der Waals surface area contributed by atoms with Crippen molar-refractivity contribution >= 4 is 15.8 Å². The molecule has 0 heterocycles. The van der Waals surface area contributed by atoms with Gasteiger partial charge in [-0.15, -0.1) is 0 Å². The third kappa shape index (κ3) is 6.22. The summed E-state index contributed by atoms with van der Waals surface area (Å²) in [6, 6.07) is 8.13. The van der Waals surface area contributed by atoms with Crippen LogP contribution in [-0.4, -0.2) is 46.7 Å². The first-order valence-electron chi connectivity index (χ1n) is 5.27. The van der Waals surface area contributed by atoms with Crippen molar-refractivity contribution < 1.29 is 30.9 Å². The predicted octanol–water partition coefficient (Wildman–Crippen LogP) is 1.94. The van der Waals surface area contributed by atoms with Crippen molar-refractivity contribution in [2.45, 2.75) is 5.51 Å². The van der Waals surface area contributed by atoms with Gasteiger partial charge >= 0.3 is 5.51 Å². The van der Waals surface area contributed by atoms with Gasteiger partial charge in [-0.05, 0) is 12.1 Å². The van der Waals surface area contributed by atoms with Gasteiger partial charge in [-0.1, -0.05) is 0 Å². The minimum Gasteiger partial charge on any atom is -0.741 e. The van der Waals surface area contributed by atoms with Gasteiger partial charge in [-0.3, -0.25) is 4.48 Å². The lowest BCUT2D eigenvalue weighted by molar-refractivity contribution is -0.0517. The van der Waals surface area contributed by atoms with E-state index in [-0.39, 0.29) is 0 Å². The molecule has 0 bridgehead atoms. The molecule has 1 aromatic rings. The fraction of sp³-hybridized carbons (Fsp3) is 0.455. The van der Waals surface area contributed by atoms with Gasteiger partial charge in [0.25, 0.3) is 0 Å². The topological polar surface area (TPSA) is 66.4 Å². The molecule has 0 amide bonds. The van der Waals surface area contributed by atoms with Crippen molar-refractivity contribution in [1.82, 2.24) is 4.48 Å². The molecule has 0 saturated carbocycles. The van der Waals surface area contributed by atoms with E-state index >= 15 is 0 Å². The van der Waals surface area contributed by atoms with E-state index in [0.29, 0.717) is 0 Å². The zero-order chi connectivity index (χ0) is 16.2. The monoisotopic (exact) mass is 315 g/mol. The van der Waals surface area contributed by atoms with Gasteiger partial charge in [-0.25, -0.2) is 8.42 Å². The molecule has 0 saturated heterocycles. The molecule has 0 aliphatic heterocycles. The first-order valence-corrected chi connectivity index (χ1v) is 6.68. The Morgan fingerprint density at radius 3 is 1.65 bits per heavy atom. The summed E-state index contributed by atoms with van der Waals surface area (Å²) in [7, 11) is 2.01. The van der Waals surface area contributed by atoms with Crippen LogP contribution in [0.5, 0.6) is 5.75 Å². The molecule has 1 aromatic carbocycles. The first kappa shape index (κ1) is 18.7. The third-order valence-corrected chi connectivity index (χ3v) is 2.70. The zero-order valence-corrected chi connectivity index (χ0v) is 12.2. The van der Waals surface area contributed by atoms with Crippen molar-refractivity contribution in [3.05, 3.63) is 24.3 Å². The van der Waals surface area contributed by atoms with E-state index in [1.54, 1.807) is 7.11 Å². The van der Waals surface area contributed by atoms with Gasteiger partial charge in [0.1, 0.15) is 11.4 Å². The predicted molar refractivity (Wildman–Crippen MR) is 68.3 cm³/mol. The Balaban J connectivity index is 0.000000396. The second-order valence-corrected chi connectivity index (χ2v) is 5.98. The van der Waals surface area contributed by atoms with Gasteiger partial charge in [0.2, 0.25) is 0 Å². The van der Waals surface area contributed by atoms with E-state index in [9.17, 15) is 13.2 Å². The van der Waals surface area contributed by atoms with Crippen LogP contribution in [0.1, 0.15) is 0 Å². The molecule has 9 heteroatoms. The summed E-state index contributed by atoms with van der Waals surface area (Å²) < 4.78 is 64.8. The molecule has 116 valence electrons. The van der Waals surface area contributed by atoms with Crippen molar-refractivity contribution in [1.29, 1.82) is 0 Å². The maximum absolute atomic E-state index is 10.7. The Hall–Kier alpha value is -1.32. The summed E-state index contributed by atoms with van der Waals surface area (Å²) in [6.45, 7) is 0. The molecule has 20 heavy (non-hydrogen) atoms. The number of ether oxygens (including phenoxy) is 1. The van der Waals surface area contributed by atoms with E-state index in [2.05, 4.69) is 33.3 Å². The molecule has 0 N–H and O–H groups in total. The number of hydrogen-bond acceptors (Lipinski definition) is 4. The van der Waals surface area contributed by atoms with E-state index in [0.717, 1.165) is 10.2 Å². The van der Waals surface area contributed by atoms with Gasteiger partial charge in [0.15, 0.2) is 10.1 Å². The standard InChI is InChI=1S/C10H16NO.CHF3O3S/c1-11(2,3)9-5-7-10(12-4)8-6-9;2-1(3,4)8(5,6)7/h5-8H,1-4H3;(H,5,6,7)/q+1;/p-1. The highest BCUT2D eigenvalue weighted by Crippen LogP contribution is 2.21. The smallest absolute Gasteiger partial charge is 0.485 e. The molecule has 0 atom stereocenters. The molecular formula is C11H16F3NO4S. The maximum Gasteiger partial charge on any atom is 0.485 e. The Labute approximate surface area is 115 Å². The minimum atomic E-state index is -6.09. The van der Waals surface area contributed by atoms with Gasteiger partial charge in [0, 0.05) is 12.1 Å². The molecule has 1 rings (SSSR count). The van der Waals surface area contributed by atoms with Crippen molar-refractivity contribution in [2.24, 2.45) is 0 Å². The van der Waals surface area contributed by atoms with E-state index in [4.69, 9.17) is 17.7 Å². The normalized spacial score (nSPS) is 12.4. The SMILES string of the molecule is COc1ccc([N+](C)(C)C)cc1.O=S(=O)([O-])C(F)(F)F. The maximum atomic E-state index is 10.7. The van der Waals surface area contributed by atoms with Crippen molar-refractivity contribution in [3.8, 4) is 5.75 Å². The summed E-state index contributed by atoms with van der Waals surface area (Å²) in [5.41, 5.74) is -4.37. The van der Waals surface area contributed by atoms with Crippen LogP contribution < -0.4 is 9.22 Å². The number of benzene rings is 1. The Morgan fingerprint density at radius 1 is 1.10 bits per heavy atom. The Morgan fingerprint density at radius 2 is 1.45 bits per heavy atom.